The molecule has 0 fully saturated rings. The minimum atomic E-state index is -0.572. The van der Waals surface area contributed by atoms with Crippen molar-refractivity contribution in [1.29, 1.82) is 0 Å². The number of rotatable bonds is 4. The fraction of sp³-hybridized carbons (Fsp3) is 0.412. The molecule has 124 valence electrons. The number of aromatic nitrogens is 1. The Kier molecular flexibility index (Phi) is 5.38. The molecule has 0 aliphatic rings. The van der Waals surface area contributed by atoms with Crippen LogP contribution < -0.4 is 5.32 Å². The number of nitrogens with one attached hydrogen (secondary N) is 1. The highest BCUT2D eigenvalue weighted by Gasteiger charge is 2.20. The Hall–Kier alpha value is -1.92. The number of nitrogens with zero attached hydrogens (tertiary/aromatic N) is 1. The summed E-state index contributed by atoms with van der Waals surface area (Å²) >= 11 is 1.59. The molecule has 0 spiro atoms. The number of aliphatic hydroxyl groups is 1. The van der Waals surface area contributed by atoms with Gasteiger partial charge in [-0.25, -0.2) is 9.78 Å². The number of benzene rings is 1. The Morgan fingerprint density at radius 1 is 1.35 bits per heavy atom. The normalized spacial score (nSPS) is 12.7. The average molecular weight is 334 g/mol. The van der Waals surface area contributed by atoms with E-state index >= 15 is 0 Å². The lowest BCUT2D eigenvalue weighted by atomic mass is 10.0. The molecule has 1 atom stereocenters. The van der Waals surface area contributed by atoms with E-state index < -0.39 is 17.7 Å². The van der Waals surface area contributed by atoms with E-state index in [2.05, 4.69) is 10.3 Å². The molecule has 6 heteroatoms. The predicted octanol–water partition coefficient (Wildman–Crippen LogP) is 3.68. The second-order valence-corrected chi connectivity index (χ2v) is 7.13. The maximum atomic E-state index is 11.8. The van der Waals surface area contributed by atoms with Crippen LogP contribution in [-0.4, -0.2) is 28.4 Å². The number of hydrogen-bond donors (Lipinski definition) is 2. The third-order valence-corrected chi connectivity index (χ3v) is 4.17. The zero-order valence-corrected chi connectivity index (χ0v) is 14.6. The van der Waals surface area contributed by atoms with Gasteiger partial charge in [0.05, 0.1) is 28.7 Å². The van der Waals surface area contributed by atoms with E-state index in [9.17, 15) is 9.90 Å². The van der Waals surface area contributed by atoms with Gasteiger partial charge < -0.3 is 15.2 Å². The number of amides is 1. The van der Waals surface area contributed by atoms with Crippen LogP contribution in [0.1, 0.15) is 38.1 Å². The fourth-order valence-corrected chi connectivity index (χ4v) is 2.94. The van der Waals surface area contributed by atoms with Crippen LogP contribution in [0.3, 0.4) is 0 Å². The molecule has 0 saturated heterocycles. The first-order chi connectivity index (χ1) is 10.8. The van der Waals surface area contributed by atoms with E-state index in [1.54, 1.807) is 32.1 Å². The third kappa shape index (κ3) is 4.77. The van der Waals surface area contributed by atoms with Gasteiger partial charge >= 0.3 is 6.09 Å². The lowest BCUT2D eigenvalue weighted by molar-refractivity contribution is 0.0482. The molecule has 1 aromatic heterocycles. The van der Waals surface area contributed by atoms with E-state index in [0.717, 1.165) is 21.7 Å². The number of carbonyl (C=O) groups is 1. The maximum Gasteiger partial charge on any atom is 0.408 e. The Labute approximate surface area is 140 Å². The molecule has 0 bridgehead atoms. The number of ether oxygens (including phenoxy) is 1. The largest absolute Gasteiger partial charge is 0.444 e. The number of carbonyl (C=O) groups excluding carboxylic acids is 1. The monoisotopic (exact) mass is 334 g/mol. The Morgan fingerprint density at radius 2 is 2.00 bits per heavy atom. The molecule has 0 saturated carbocycles. The van der Waals surface area contributed by atoms with E-state index in [4.69, 9.17) is 4.74 Å². The molecule has 0 aliphatic heterocycles. The van der Waals surface area contributed by atoms with Crippen LogP contribution in [0.5, 0.6) is 0 Å². The van der Waals surface area contributed by atoms with Crippen molar-refractivity contribution >= 4 is 17.4 Å². The van der Waals surface area contributed by atoms with Crippen molar-refractivity contribution in [2.24, 2.45) is 0 Å². The van der Waals surface area contributed by atoms with Gasteiger partial charge in [0.1, 0.15) is 5.60 Å². The summed E-state index contributed by atoms with van der Waals surface area (Å²) in [5.41, 5.74) is 4.14. The molecule has 23 heavy (non-hydrogen) atoms. The molecule has 5 nitrogen and oxygen atoms in total. The molecule has 2 rings (SSSR count). The van der Waals surface area contributed by atoms with Gasteiger partial charge in [0.15, 0.2) is 0 Å². The van der Waals surface area contributed by atoms with Crippen LogP contribution in [-0.2, 0) is 4.74 Å². The zero-order chi connectivity index (χ0) is 17.0. The van der Waals surface area contributed by atoms with Gasteiger partial charge in [-0.05, 0) is 38.8 Å². The maximum absolute atomic E-state index is 11.8. The zero-order valence-electron chi connectivity index (χ0n) is 13.8. The van der Waals surface area contributed by atoms with Crippen LogP contribution in [0.2, 0.25) is 0 Å². The predicted molar refractivity (Wildman–Crippen MR) is 91.5 cm³/mol. The van der Waals surface area contributed by atoms with E-state index in [-0.39, 0.29) is 6.61 Å². The molecule has 1 heterocycles. The van der Waals surface area contributed by atoms with Crippen LogP contribution in [0.4, 0.5) is 4.79 Å². The summed E-state index contributed by atoms with van der Waals surface area (Å²) in [6.07, 6.45) is -0.543. The highest BCUT2D eigenvalue weighted by atomic mass is 32.1. The summed E-state index contributed by atoms with van der Waals surface area (Å²) in [4.78, 5) is 17.2. The first-order valence-corrected chi connectivity index (χ1v) is 8.29. The minimum Gasteiger partial charge on any atom is -0.444 e. The van der Waals surface area contributed by atoms with Crippen LogP contribution in [0, 0.1) is 6.92 Å². The summed E-state index contributed by atoms with van der Waals surface area (Å²) in [6, 6.07) is 7.23. The van der Waals surface area contributed by atoms with E-state index in [0.29, 0.717) is 0 Å². The molecule has 0 aliphatic carbocycles. The van der Waals surface area contributed by atoms with Crippen molar-refractivity contribution in [2.75, 3.05) is 6.61 Å². The lowest BCUT2D eigenvalue weighted by Gasteiger charge is -2.23. The molecule has 0 unspecified atom stereocenters. The average Bonchev–Trinajstić information content (AvgIpc) is 2.89. The molecular formula is C17H22N2O3S. The smallest absolute Gasteiger partial charge is 0.408 e. The van der Waals surface area contributed by atoms with Gasteiger partial charge in [-0.3, -0.25) is 0 Å². The highest BCUT2D eigenvalue weighted by molar-refractivity contribution is 7.13. The number of hydrogen-bond acceptors (Lipinski definition) is 5. The van der Waals surface area contributed by atoms with Crippen molar-refractivity contribution in [3.8, 4) is 10.4 Å². The number of thiazole rings is 1. The molecule has 1 amide bonds. The summed E-state index contributed by atoms with van der Waals surface area (Å²) in [5, 5.41) is 12.2. The van der Waals surface area contributed by atoms with Gasteiger partial charge in [-0.1, -0.05) is 24.3 Å². The Morgan fingerprint density at radius 3 is 2.48 bits per heavy atom. The third-order valence-electron chi connectivity index (χ3n) is 3.19. The van der Waals surface area contributed by atoms with Gasteiger partial charge in [-0.15, -0.1) is 11.3 Å². The van der Waals surface area contributed by atoms with Crippen LogP contribution in [0.25, 0.3) is 10.4 Å². The molecule has 0 radical (unpaired) electrons. The van der Waals surface area contributed by atoms with E-state index in [1.807, 2.05) is 36.7 Å². The van der Waals surface area contributed by atoms with Crippen LogP contribution >= 0.6 is 11.3 Å². The highest BCUT2D eigenvalue weighted by Crippen LogP contribution is 2.28. The van der Waals surface area contributed by atoms with Gasteiger partial charge in [0.2, 0.25) is 0 Å². The standard InChI is InChI=1S/C17H22N2O3S/c1-11-15(23-10-18-11)13-7-5-12(6-8-13)14(9-20)19-16(21)22-17(2,3)4/h5-8,10,14,20H,9H2,1-4H3,(H,19,21)/t14-/m0/s1. The number of aliphatic hydroxyl groups excluding tert-OH is 1. The molecular weight excluding hydrogens is 312 g/mol. The minimum absolute atomic E-state index is 0.196. The summed E-state index contributed by atoms with van der Waals surface area (Å²) in [7, 11) is 0. The van der Waals surface area contributed by atoms with Crippen molar-refractivity contribution in [2.45, 2.75) is 39.3 Å². The fourth-order valence-electron chi connectivity index (χ4n) is 2.13. The van der Waals surface area contributed by atoms with Gasteiger partial charge in [0, 0.05) is 0 Å². The first-order valence-electron chi connectivity index (χ1n) is 7.41. The summed E-state index contributed by atoms with van der Waals surface area (Å²) in [5.74, 6) is 0. The Bertz CT molecular complexity index is 659. The van der Waals surface area contributed by atoms with Crippen LogP contribution in [0.15, 0.2) is 29.8 Å². The number of aryl methyl sites for hydroxylation is 1. The summed E-state index contributed by atoms with van der Waals surface area (Å²) < 4.78 is 5.22. The van der Waals surface area contributed by atoms with Gasteiger partial charge in [-0.2, -0.15) is 0 Å². The second-order valence-electron chi connectivity index (χ2n) is 6.27. The van der Waals surface area contributed by atoms with E-state index in [1.165, 1.54) is 0 Å². The molecule has 2 aromatic rings. The SMILES string of the molecule is Cc1ncsc1-c1ccc([C@H](CO)NC(=O)OC(C)(C)C)cc1. The van der Waals surface area contributed by atoms with Crippen molar-refractivity contribution in [1.82, 2.24) is 10.3 Å². The molecule has 2 N–H and O–H groups in total. The second kappa shape index (κ2) is 7.10. The number of alkyl carbamates (subject to hydrolysis) is 1. The van der Waals surface area contributed by atoms with Crippen molar-refractivity contribution < 1.29 is 14.6 Å². The van der Waals surface area contributed by atoms with Crippen molar-refractivity contribution in [3.63, 3.8) is 0 Å². The topological polar surface area (TPSA) is 71.5 Å². The van der Waals surface area contributed by atoms with Crippen molar-refractivity contribution in [3.05, 3.63) is 41.0 Å². The Balaban J connectivity index is 2.10. The van der Waals surface area contributed by atoms with Gasteiger partial charge in [0.25, 0.3) is 0 Å². The molecule has 1 aromatic carbocycles. The quantitative estimate of drug-likeness (QED) is 0.895. The first kappa shape index (κ1) is 17.4. The summed E-state index contributed by atoms with van der Waals surface area (Å²) in [6.45, 7) is 7.17. The lowest BCUT2D eigenvalue weighted by Crippen LogP contribution is -2.36.